The van der Waals surface area contributed by atoms with Gasteiger partial charge >= 0.3 is 0 Å². The van der Waals surface area contributed by atoms with Crippen molar-refractivity contribution in [3.05, 3.63) is 11.6 Å². The summed E-state index contributed by atoms with van der Waals surface area (Å²) in [7, 11) is 0. The molecule has 1 saturated carbocycles. The van der Waals surface area contributed by atoms with Crippen molar-refractivity contribution in [1.82, 2.24) is 20.1 Å². The number of rotatable bonds is 3. The molecule has 0 spiro atoms. The van der Waals surface area contributed by atoms with Crippen LogP contribution < -0.4 is 5.32 Å². The normalized spacial score (nSPS) is 20.2. The highest BCUT2D eigenvalue weighted by Crippen LogP contribution is 2.23. The van der Waals surface area contributed by atoms with Crippen LogP contribution in [-0.2, 0) is 24.3 Å². The van der Waals surface area contributed by atoms with Gasteiger partial charge in [0.2, 0.25) is 5.91 Å². The predicted octanol–water partition coefficient (Wildman–Crippen LogP) is 2.20. The zero-order valence-corrected chi connectivity index (χ0v) is 12.1. The lowest BCUT2D eigenvalue weighted by Crippen LogP contribution is -2.32. The molecule has 1 aliphatic carbocycles. The molecule has 1 aromatic rings. The van der Waals surface area contributed by atoms with Crippen molar-refractivity contribution in [3.8, 4) is 0 Å². The molecule has 110 valence electrons. The van der Waals surface area contributed by atoms with Crippen molar-refractivity contribution >= 4 is 5.91 Å². The summed E-state index contributed by atoms with van der Waals surface area (Å²) in [4.78, 5) is 12.2. The molecule has 0 aromatic carbocycles. The number of aromatic nitrogens is 3. The van der Waals surface area contributed by atoms with Crippen LogP contribution in [0, 0.1) is 5.92 Å². The Labute approximate surface area is 120 Å². The van der Waals surface area contributed by atoms with Crippen molar-refractivity contribution in [1.29, 1.82) is 0 Å². The number of fused-ring (bicyclic) bond motifs is 1. The highest BCUT2D eigenvalue weighted by Gasteiger charge is 2.22. The Hall–Kier alpha value is -1.39. The maximum atomic E-state index is 12.2. The van der Waals surface area contributed by atoms with Crippen molar-refractivity contribution in [3.63, 3.8) is 0 Å². The molecule has 1 amide bonds. The molecule has 1 aliphatic heterocycles. The second-order valence-corrected chi connectivity index (χ2v) is 6.05. The van der Waals surface area contributed by atoms with E-state index in [1.54, 1.807) is 0 Å². The summed E-state index contributed by atoms with van der Waals surface area (Å²) in [6, 6.07) is 0. The molecule has 5 heteroatoms. The molecule has 0 saturated heterocycles. The second-order valence-electron chi connectivity index (χ2n) is 6.05. The lowest BCUT2D eigenvalue weighted by molar-refractivity contribution is -0.126. The number of hydrogen-bond acceptors (Lipinski definition) is 3. The first-order chi connectivity index (χ1) is 9.84. The average Bonchev–Trinajstić information content (AvgIpc) is 2.72. The minimum atomic E-state index is 0.204. The first-order valence-electron chi connectivity index (χ1n) is 8.03. The Morgan fingerprint density at radius 2 is 1.90 bits per heavy atom. The van der Waals surface area contributed by atoms with Gasteiger partial charge in [-0.1, -0.05) is 25.7 Å². The minimum Gasteiger partial charge on any atom is -0.349 e. The fraction of sp³-hybridized carbons (Fsp3) is 0.800. The number of carbonyl (C=O) groups excluding carboxylic acids is 1. The molecule has 1 fully saturated rings. The molecule has 0 unspecified atom stereocenters. The maximum Gasteiger partial charge on any atom is 0.223 e. The lowest BCUT2D eigenvalue weighted by Gasteiger charge is -2.20. The molecule has 1 N–H and O–H groups in total. The first-order valence-corrected chi connectivity index (χ1v) is 8.03. The summed E-state index contributed by atoms with van der Waals surface area (Å²) in [6.45, 7) is 1.53. The molecule has 0 bridgehead atoms. The van der Waals surface area contributed by atoms with Crippen molar-refractivity contribution in [2.45, 2.75) is 70.9 Å². The highest BCUT2D eigenvalue weighted by atomic mass is 16.1. The summed E-state index contributed by atoms with van der Waals surface area (Å²) in [5.41, 5.74) is 0. The molecule has 20 heavy (non-hydrogen) atoms. The van der Waals surface area contributed by atoms with Crippen LogP contribution in [0.5, 0.6) is 0 Å². The van der Waals surface area contributed by atoms with E-state index in [4.69, 9.17) is 0 Å². The van der Waals surface area contributed by atoms with Gasteiger partial charge < -0.3 is 9.88 Å². The number of nitrogens with one attached hydrogen (secondary N) is 1. The summed E-state index contributed by atoms with van der Waals surface area (Å²) in [6.07, 6.45) is 10.4. The number of carbonyl (C=O) groups is 1. The Morgan fingerprint density at radius 1 is 1.10 bits per heavy atom. The fourth-order valence-corrected chi connectivity index (χ4v) is 3.35. The molecular weight excluding hydrogens is 252 g/mol. The van der Waals surface area contributed by atoms with Gasteiger partial charge in [0.1, 0.15) is 5.82 Å². The zero-order valence-electron chi connectivity index (χ0n) is 12.1. The van der Waals surface area contributed by atoms with E-state index in [1.165, 1.54) is 38.5 Å². The van der Waals surface area contributed by atoms with Gasteiger partial charge in [0, 0.05) is 18.9 Å². The van der Waals surface area contributed by atoms with Gasteiger partial charge in [-0.15, -0.1) is 10.2 Å². The number of aryl methyl sites for hydroxylation is 1. The summed E-state index contributed by atoms with van der Waals surface area (Å²) in [5, 5.41) is 11.6. The van der Waals surface area contributed by atoms with Gasteiger partial charge in [-0.25, -0.2) is 0 Å². The predicted molar refractivity (Wildman–Crippen MR) is 76.0 cm³/mol. The number of nitrogens with zero attached hydrogens (tertiary/aromatic N) is 3. The van der Waals surface area contributed by atoms with Crippen molar-refractivity contribution < 1.29 is 4.79 Å². The zero-order chi connectivity index (χ0) is 13.8. The van der Waals surface area contributed by atoms with Crippen LogP contribution in [0.1, 0.15) is 63.0 Å². The van der Waals surface area contributed by atoms with Crippen LogP contribution in [0.15, 0.2) is 0 Å². The maximum absolute atomic E-state index is 12.2. The van der Waals surface area contributed by atoms with E-state index in [0.29, 0.717) is 6.54 Å². The fourth-order valence-electron chi connectivity index (χ4n) is 3.35. The molecule has 1 aromatic heterocycles. The third kappa shape index (κ3) is 3.02. The molecule has 2 heterocycles. The van der Waals surface area contributed by atoms with E-state index in [9.17, 15) is 4.79 Å². The Balaban J connectivity index is 1.58. The smallest absolute Gasteiger partial charge is 0.223 e. The minimum absolute atomic E-state index is 0.204. The topological polar surface area (TPSA) is 59.8 Å². The van der Waals surface area contributed by atoms with E-state index < -0.39 is 0 Å². The summed E-state index contributed by atoms with van der Waals surface area (Å²) < 4.78 is 2.20. The summed E-state index contributed by atoms with van der Waals surface area (Å²) >= 11 is 0. The van der Waals surface area contributed by atoms with Gasteiger partial charge in [0.05, 0.1) is 6.54 Å². The third-order valence-electron chi connectivity index (χ3n) is 4.58. The Bertz CT molecular complexity index is 462. The lowest BCUT2D eigenvalue weighted by atomic mass is 9.89. The van der Waals surface area contributed by atoms with Gasteiger partial charge in [-0.05, 0) is 25.7 Å². The number of hydrogen-bond donors (Lipinski definition) is 1. The largest absolute Gasteiger partial charge is 0.349 e. The monoisotopic (exact) mass is 276 g/mol. The van der Waals surface area contributed by atoms with Gasteiger partial charge in [0.25, 0.3) is 0 Å². The van der Waals surface area contributed by atoms with Crippen LogP contribution in [0.4, 0.5) is 0 Å². The molecule has 2 aliphatic rings. The summed E-state index contributed by atoms with van der Waals surface area (Å²) in [5.74, 6) is 2.43. The van der Waals surface area contributed by atoms with E-state index in [-0.39, 0.29) is 11.8 Å². The Kier molecular flexibility index (Phi) is 4.33. The van der Waals surface area contributed by atoms with Gasteiger partial charge in [-0.3, -0.25) is 4.79 Å². The SMILES string of the molecule is O=C(NCc1nnc2n1CCCCC2)C1CCCCC1. The third-order valence-corrected chi connectivity index (χ3v) is 4.58. The molecular formula is C15H24N4O. The van der Waals surface area contributed by atoms with E-state index >= 15 is 0 Å². The quantitative estimate of drug-likeness (QED) is 0.920. The standard InChI is InChI=1S/C15H24N4O/c20-15(12-7-3-1-4-8-12)16-11-14-18-17-13-9-5-2-6-10-19(13)14/h12H,1-11H2,(H,16,20). The van der Waals surface area contributed by atoms with Crippen molar-refractivity contribution in [2.75, 3.05) is 0 Å². The van der Waals surface area contributed by atoms with Crippen LogP contribution in [0.25, 0.3) is 0 Å². The van der Waals surface area contributed by atoms with Crippen LogP contribution >= 0.6 is 0 Å². The van der Waals surface area contributed by atoms with Crippen LogP contribution in [0.3, 0.4) is 0 Å². The first kappa shape index (κ1) is 13.6. The van der Waals surface area contributed by atoms with Crippen LogP contribution in [0.2, 0.25) is 0 Å². The molecule has 3 rings (SSSR count). The average molecular weight is 276 g/mol. The van der Waals surface area contributed by atoms with Crippen LogP contribution in [-0.4, -0.2) is 20.7 Å². The highest BCUT2D eigenvalue weighted by molar-refractivity contribution is 5.78. The van der Waals surface area contributed by atoms with E-state index in [1.807, 2.05) is 0 Å². The van der Waals surface area contributed by atoms with E-state index in [0.717, 1.165) is 37.5 Å². The second kappa shape index (κ2) is 6.37. The Morgan fingerprint density at radius 3 is 2.75 bits per heavy atom. The van der Waals surface area contributed by atoms with E-state index in [2.05, 4.69) is 20.1 Å². The van der Waals surface area contributed by atoms with Crippen molar-refractivity contribution in [2.24, 2.45) is 5.92 Å². The molecule has 0 radical (unpaired) electrons. The van der Waals surface area contributed by atoms with Gasteiger partial charge in [0.15, 0.2) is 5.82 Å². The molecule has 5 nitrogen and oxygen atoms in total. The number of amides is 1. The molecule has 0 atom stereocenters. The van der Waals surface area contributed by atoms with Gasteiger partial charge in [-0.2, -0.15) is 0 Å².